The Kier molecular flexibility index (Phi) is 20.9. The molecule has 5 nitrogen and oxygen atoms in total. The Labute approximate surface area is 233 Å². The molecule has 0 saturated carbocycles. The first kappa shape index (κ1) is 34.3. The SMILES string of the molecule is CCCCCCCCC(O)C(CCCCCCCCCCCCCCCc1cc(O)cc(O)c1)OC(C)=O. The Morgan fingerprint density at radius 2 is 1.08 bits per heavy atom. The summed E-state index contributed by atoms with van der Waals surface area (Å²) in [6.45, 7) is 3.66. The number of aliphatic hydroxyl groups is 1. The summed E-state index contributed by atoms with van der Waals surface area (Å²) in [5.74, 6) is -0.00451. The van der Waals surface area contributed by atoms with Gasteiger partial charge in [0.25, 0.3) is 0 Å². The van der Waals surface area contributed by atoms with Gasteiger partial charge in [0.2, 0.25) is 0 Å². The average Bonchev–Trinajstić information content (AvgIpc) is 2.86. The van der Waals surface area contributed by atoms with Gasteiger partial charge in [-0.05, 0) is 49.8 Å². The van der Waals surface area contributed by atoms with E-state index < -0.39 is 6.10 Å². The van der Waals surface area contributed by atoms with Crippen LogP contribution in [0, 0.1) is 0 Å². The first-order valence-electron chi connectivity index (χ1n) is 15.8. The van der Waals surface area contributed by atoms with Crippen LogP contribution in [0.2, 0.25) is 0 Å². The van der Waals surface area contributed by atoms with Gasteiger partial charge in [-0.2, -0.15) is 0 Å². The smallest absolute Gasteiger partial charge is 0.302 e. The van der Waals surface area contributed by atoms with Crippen LogP contribution in [-0.2, 0) is 16.0 Å². The number of carbonyl (C=O) groups excluding carboxylic acids is 1. The van der Waals surface area contributed by atoms with Gasteiger partial charge in [0.15, 0.2) is 0 Å². The van der Waals surface area contributed by atoms with Crippen LogP contribution in [0.4, 0.5) is 0 Å². The van der Waals surface area contributed by atoms with Crippen molar-refractivity contribution >= 4 is 5.97 Å². The molecule has 0 bridgehead atoms. The highest BCUT2D eigenvalue weighted by Crippen LogP contribution is 2.22. The van der Waals surface area contributed by atoms with Gasteiger partial charge in [0, 0.05) is 13.0 Å². The van der Waals surface area contributed by atoms with E-state index in [1.807, 2.05) is 0 Å². The van der Waals surface area contributed by atoms with Crippen molar-refractivity contribution in [1.82, 2.24) is 0 Å². The third kappa shape index (κ3) is 19.3. The summed E-state index contributed by atoms with van der Waals surface area (Å²) in [6.07, 6.45) is 24.8. The molecule has 3 N–H and O–H groups in total. The van der Waals surface area contributed by atoms with Gasteiger partial charge in [-0.3, -0.25) is 4.79 Å². The number of esters is 1. The van der Waals surface area contributed by atoms with E-state index in [2.05, 4.69) is 6.92 Å². The van der Waals surface area contributed by atoms with E-state index in [4.69, 9.17) is 4.74 Å². The fourth-order valence-electron chi connectivity index (χ4n) is 5.28. The minimum atomic E-state index is -0.530. The number of hydrogen-bond acceptors (Lipinski definition) is 5. The predicted molar refractivity (Wildman–Crippen MR) is 158 cm³/mol. The number of aromatic hydroxyl groups is 2. The van der Waals surface area contributed by atoms with Crippen molar-refractivity contribution in [2.24, 2.45) is 0 Å². The lowest BCUT2D eigenvalue weighted by Gasteiger charge is -2.22. The summed E-state index contributed by atoms with van der Waals surface area (Å²) >= 11 is 0. The molecule has 0 radical (unpaired) electrons. The van der Waals surface area contributed by atoms with Crippen molar-refractivity contribution in [2.75, 3.05) is 0 Å². The van der Waals surface area contributed by atoms with Crippen LogP contribution in [0.15, 0.2) is 18.2 Å². The number of unbranched alkanes of at least 4 members (excludes halogenated alkanes) is 17. The van der Waals surface area contributed by atoms with Gasteiger partial charge < -0.3 is 20.1 Å². The fraction of sp³-hybridized carbons (Fsp3) is 0.788. The number of ether oxygens (including phenoxy) is 1. The van der Waals surface area contributed by atoms with Crippen molar-refractivity contribution in [3.8, 4) is 11.5 Å². The maximum absolute atomic E-state index is 11.5. The van der Waals surface area contributed by atoms with Gasteiger partial charge in [-0.15, -0.1) is 0 Å². The third-order valence-corrected chi connectivity index (χ3v) is 7.52. The molecule has 1 aromatic carbocycles. The first-order chi connectivity index (χ1) is 18.4. The number of hydrogen-bond donors (Lipinski definition) is 3. The topological polar surface area (TPSA) is 87.0 Å². The molecule has 0 fully saturated rings. The van der Waals surface area contributed by atoms with Gasteiger partial charge in [-0.1, -0.05) is 116 Å². The third-order valence-electron chi connectivity index (χ3n) is 7.52. The minimum absolute atomic E-state index is 0.141. The van der Waals surface area contributed by atoms with Crippen molar-refractivity contribution in [3.63, 3.8) is 0 Å². The van der Waals surface area contributed by atoms with E-state index in [1.165, 1.54) is 103 Å². The monoisotopic (exact) mass is 534 g/mol. The normalized spacial score (nSPS) is 12.9. The van der Waals surface area contributed by atoms with Crippen molar-refractivity contribution in [1.29, 1.82) is 0 Å². The molecule has 0 aliphatic carbocycles. The van der Waals surface area contributed by atoms with E-state index in [1.54, 1.807) is 12.1 Å². The number of aryl methyl sites for hydroxylation is 1. The molecule has 0 spiro atoms. The lowest BCUT2D eigenvalue weighted by atomic mass is 9.99. The van der Waals surface area contributed by atoms with Crippen LogP contribution in [0.5, 0.6) is 11.5 Å². The van der Waals surface area contributed by atoms with Crippen molar-refractivity contribution in [3.05, 3.63) is 23.8 Å². The van der Waals surface area contributed by atoms with Gasteiger partial charge in [0.1, 0.15) is 17.6 Å². The Morgan fingerprint density at radius 3 is 1.55 bits per heavy atom. The van der Waals surface area contributed by atoms with Crippen LogP contribution in [0.3, 0.4) is 0 Å². The van der Waals surface area contributed by atoms with E-state index in [0.29, 0.717) is 0 Å². The molecule has 1 aromatic rings. The Morgan fingerprint density at radius 1 is 0.658 bits per heavy atom. The molecule has 38 heavy (non-hydrogen) atoms. The van der Waals surface area contributed by atoms with Crippen molar-refractivity contribution < 1.29 is 24.9 Å². The molecule has 2 atom stereocenters. The summed E-state index contributed by atoms with van der Waals surface area (Å²) in [5.41, 5.74) is 1.01. The van der Waals surface area contributed by atoms with Crippen LogP contribution < -0.4 is 0 Å². The molecular formula is C33H58O5. The van der Waals surface area contributed by atoms with E-state index in [0.717, 1.165) is 56.9 Å². The van der Waals surface area contributed by atoms with E-state index in [-0.39, 0.29) is 23.6 Å². The lowest BCUT2D eigenvalue weighted by molar-refractivity contribution is -0.153. The fourth-order valence-corrected chi connectivity index (χ4v) is 5.28. The Balaban J connectivity index is 1.95. The van der Waals surface area contributed by atoms with Crippen LogP contribution >= 0.6 is 0 Å². The lowest BCUT2D eigenvalue weighted by Crippen LogP contribution is -2.30. The van der Waals surface area contributed by atoms with Crippen LogP contribution in [-0.4, -0.2) is 33.5 Å². The van der Waals surface area contributed by atoms with Crippen molar-refractivity contribution in [2.45, 2.75) is 167 Å². The van der Waals surface area contributed by atoms with Gasteiger partial charge in [0.05, 0.1) is 6.10 Å². The Bertz CT molecular complexity index is 684. The molecule has 1 rings (SSSR count). The standard InChI is InChI=1S/C33H58O5/c1-3-4-5-6-17-20-23-32(37)33(38-28(2)34)24-21-18-15-13-11-9-7-8-10-12-14-16-19-22-29-25-30(35)27-31(36)26-29/h25-27,32-33,35-37H,3-24H2,1-2H3. The molecule has 0 amide bonds. The molecule has 0 aromatic heterocycles. The Hall–Kier alpha value is -1.75. The maximum atomic E-state index is 11.5. The number of rotatable bonds is 25. The molecule has 2 unspecified atom stereocenters. The highest BCUT2D eigenvalue weighted by Gasteiger charge is 2.21. The highest BCUT2D eigenvalue weighted by atomic mass is 16.6. The molecule has 0 saturated heterocycles. The largest absolute Gasteiger partial charge is 0.508 e. The second kappa shape index (κ2) is 23.2. The molecule has 0 aliphatic heterocycles. The van der Waals surface area contributed by atoms with Crippen LogP contribution in [0.1, 0.15) is 154 Å². The summed E-state index contributed by atoms with van der Waals surface area (Å²) in [7, 11) is 0. The average molecular weight is 535 g/mol. The second-order valence-electron chi connectivity index (χ2n) is 11.3. The first-order valence-corrected chi connectivity index (χ1v) is 15.8. The molecule has 220 valence electrons. The van der Waals surface area contributed by atoms with Gasteiger partial charge in [-0.25, -0.2) is 0 Å². The second-order valence-corrected chi connectivity index (χ2v) is 11.3. The minimum Gasteiger partial charge on any atom is -0.508 e. The highest BCUT2D eigenvalue weighted by molar-refractivity contribution is 5.66. The number of aliphatic hydroxyl groups excluding tert-OH is 1. The predicted octanol–water partition coefficient (Wildman–Crippen LogP) is 9.14. The molecule has 0 heterocycles. The zero-order chi connectivity index (χ0) is 27.8. The zero-order valence-electron chi connectivity index (χ0n) is 24.6. The van der Waals surface area contributed by atoms with Crippen LogP contribution in [0.25, 0.3) is 0 Å². The number of benzene rings is 1. The summed E-state index contributed by atoms with van der Waals surface area (Å²) in [4.78, 5) is 11.5. The van der Waals surface area contributed by atoms with E-state index in [9.17, 15) is 20.1 Å². The molecule has 0 aliphatic rings. The maximum Gasteiger partial charge on any atom is 0.302 e. The summed E-state index contributed by atoms with van der Waals surface area (Å²) in [5, 5.41) is 29.6. The number of carbonyl (C=O) groups is 1. The van der Waals surface area contributed by atoms with Gasteiger partial charge >= 0.3 is 5.97 Å². The van der Waals surface area contributed by atoms with E-state index >= 15 is 0 Å². The number of phenols is 2. The molecule has 5 heteroatoms. The zero-order valence-corrected chi connectivity index (χ0v) is 24.6. The molecular weight excluding hydrogens is 476 g/mol. The quantitative estimate of drug-likeness (QED) is 0.0860. The number of phenolic OH excluding ortho intramolecular Hbond substituents is 2. The summed E-state index contributed by atoms with van der Waals surface area (Å²) < 4.78 is 5.44. The summed E-state index contributed by atoms with van der Waals surface area (Å²) in [6, 6.07) is 4.85.